The standard InChI is InChI=1S/C11H10Cl2N2O/c12-6-5-11-14-10(15-16-11)7-8-3-1-2-4-9(8)13/h1-4H,5-7H2. The Labute approximate surface area is 103 Å². The van der Waals surface area contributed by atoms with E-state index in [9.17, 15) is 0 Å². The summed E-state index contributed by atoms with van der Waals surface area (Å²) in [6, 6.07) is 7.61. The van der Waals surface area contributed by atoms with E-state index in [2.05, 4.69) is 10.1 Å². The Kier molecular flexibility index (Phi) is 3.80. The van der Waals surface area contributed by atoms with E-state index in [0.717, 1.165) is 5.56 Å². The Hall–Kier alpha value is -1.06. The molecule has 0 fully saturated rings. The third-order valence-electron chi connectivity index (χ3n) is 2.12. The molecule has 1 aromatic carbocycles. The fourth-order valence-electron chi connectivity index (χ4n) is 1.36. The van der Waals surface area contributed by atoms with Gasteiger partial charge >= 0.3 is 0 Å². The van der Waals surface area contributed by atoms with Crippen LogP contribution in [0.2, 0.25) is 5.02 Å². The third kappa shape index (κ3) is 2.74. The van der Waals surface area contributed by atoms with Gasteiger partial charge < -0.3 is 4.52 Å². The molecule has 0 saturated heterocycles. The average Bonchev–Trinajstić information content (AvgIpc) is 2.70. The molecule has 0 radical (unpaired) electrons. The van der Waals surface area contributed by atoms with Crippen molar-refractivity contribution in [3.63, 3.8) is 0 Å². The molecular weight excluding hydrogens is 247 g/mol. The molecule has 0 saturated carbocycles. The summed E-state index contributed by atoms with van der Waals surface area (Å²) in [6.07, 6.45) is 1.17. The van der Waals surface area contributed by atoms with Crippen LogP contribution in [0, 0.1) is 0 Å². The predicted octanol–water partition coefficient (Wildman–Crippen LogP) is 3.10. The normalized spacial score (nSPS) is 10.6. The zero-order valence-corrected chi connectivity index (χ0v) is 10.0. The van der Waals surface area contributed by atoms with Gasteiger partial charge in [0.05, 0.1) is 0 Å². The van der Waals surface area contributed by atoms with Crippen molar-refractivity contribution in [3.05, 3.63) is 46.6 Å². The minimum Gasteiger partial charge on any atom is -0.339 e. The summed E-state index contributed by atoms with van der Waals surface area (Å²) < 4.78 is 5.03. The Balaban J connectivity index is 2.11. The van der Waals surface area contributed by atoms with Crippen molar-refractivity contribution in [2.24, 2.45) is 0 Å². The van der Waals surface area contributed by atoms with Crippen molar-refractivity contribution in [2.75, 3.05) is 5.88 Å². The van der Waals surface area contributed by atoms with Crippen LogP contribution in [-0.2, 0) is 12.8 Å². The van der Waals surface area contributed by atoms with Crippen molar-refractivity contribution >= 4 is 23.2 Å². The lowest BCUT2D eigenvalue weighted by molar-refractivity contribution is 0.378. The maximum atomic E-state index is 6.03. The molecule has 5 heteroatoms. The molecule has 84 valence electrons. The number of hydrogen-bond donors (Lipinski definition) is 0. The fraction of sp³-hybridized carbons (Fsp3) is 0.273. The first-order valence-electron chi connectivity index (χ1n) is 4.90. The molecule has 1 heterocycles. The first kappa shape index (κ1) is 11.4. The second-order valence-corrected chi connectivity index (χ2v) is 4.10. The molecule has 3 nitrogen and oxygen atoms in total. The minimum absolute atomic E-state index is 0.480. The van der Waals surface area contributed by atoms with Crippen LogP contribution in [-0.4, -0.2) is 16.0 Å². The van der Waals surface area contributed by atoms with Gasteiger partial charge in [-0.1, -0.05) is 35.0 Å². The number of rotatable bonds is 4. The van der Waals surface area contributed by atoms with Gasteiger partial charge in [-0.15, -0.1) is 11.6 Å². The summed E-state index contributed by atoms with van der Waals surface area (Å²) in [4.78, 5) is 4.22. The Morgan fingerprint density at radius 1 is 1.25 bits per heavy atom. The fourth-order valence-corrected chi connectivity index (χ4v) is 1.72. The highest BCUT2D eigenvalue weighted by molar-refractivity contribution is 6.31. The van der Waals surface area contributed by atoms with Crippen LogP contribution in [0.3, 0.4) is 0 Å². The monoisotopic (exact) mass is 256 g/mol. The van der Waals surface area contributed by atoms with E-state index in [0.29, 0.717) is 35.5 Å². The third-order valence-corrected chi connectivity index (χ3v) is 2.68. The lowest BCUT2D eigenvalue weighted by atomic mass is 10.1. The van der Waals surface area contributed by atoms with Crippen molar-refractivity contribution < 1.29 is 4.52 Å². The Bertz CT molecular complexity index is 471. The van der Waals surface area contributed by atoms with Gasteiger partial charge in [0.2, 0.25) is 5.89 Å². The highest BCUT2D eigenvalue weighted by Crippen LogP contribution is 2.17. The van der Waals surface area contributed by atoms with E-state index < -0.39 is 0 Å². The molecule has 0 bridgehead atoms. The van der Waals surface area contributed by atoms with Gasteiger partial charge in [-0.05, 0) is 11.6 Å². The molecule has 1 aromatic heterocycles. The van der Waals surface area contributed by atoms with Crippen LogP contribution in [0.15, 0.2) is 28.8 Å². The van der Waals surface area contributed by atoms with Crippen molar-refractivity contribution in [1.29, 1.82) is 0 Å². The molecule has 0 unspecified atom stereocenters. The van der Waals surface area contributed by atoms with E-state index in [4.69, 9.17) is 27.7 Å². The summed E-state index contributed by atoms with van der Waals surface area (Å²) in [7, 11) is 0. The highest BCUT2D eigenvalue weighted by atomic mass is 35.5. The molecule has 0 atom stereocenters. The zero-order valence-electron chi connectivity index (χ0n) is 8.49. The maximum absolute atomic E-state index is 6.03. The van der Waals surface area contributed by atoms with Crippen molar-refractivity contribution in [1.82, 2.24) is 10.1 Å². The molecule has 2 rings (SSSR count). The molecule has 0 aliphatic carbocycles. The molecule has 0 aliphatic heterocycles. The molecule has 16 heavy (non-hydrogen) atoms. The van der Waals surface area contributed by atoms with Gasteiger partial charge in [0, 0.05) is 23.7 Å². The second kappa shape index (κ2) is 5.32. The molecule has 0 spiro atoms. The molecule has 0 aliphatic rings. The van der Waals surface area contributed by atoms with Gasteiger partial charge in [0.25, 0.3) is 0 Å². The SMILES string of the molecule is ClCCc1nc(Cc2ccccc2Cl)no1. The van der Waals surface area contributed by atoms with Gasteiger partial charge in [0.1, 0.15) is 0 Å². The Morgan fingerprint density at radius 3 is 2.81 bits per heavy atom. The summed E-state index contributed by atoms with van der Waals surface area (Å²) in [5.74, 6) is 1.68. The van der Waals surface area contributed by atoms with Crippen LogP contribution in [0.25, 0.3) is 0 Å². The first-order valence-corrected chi connectivity index (χ1v) is 5.81. The number of aryl methyl sites for hydroxylation is 1. The van der Waals surface area contributed by atoms with E-state index in [1.807, 2.05) is 24.3 Å². The number of nitrogens with zero attached hydrogens (tertiary/aromatic N) is 2. The van der Waals surface area contributed by atoms with Gasteiger partial charge in [-0.3, -0.25) is 0 Å². The second-order valence-electron chi connectivity index (χ2n) is 3.31. The van der Waals surface area contributed by atoms with E-state index >= 15 is 0 Å². The number of benzene rings is 1. The summed E-state index contributed by atoms with van der Waals surface area (Å²) in [5, 5.41) is 4.58. The number of hydrogen-bond acceptors (Lipinski definition) is 3. The van der Waals surface area contributed by atoms with Crippen LogP contribution in [0.5, 0.6) is 0 Å². The number of alkyl halides is 1. The van der Waals surface area contributed by atoms with E-state index in [1.165, 1.54) is 0 Å². The summed E-state index contributed by atoms with van der Waals surface area (Å²) in [6.45, 7) is 0. The molecule has 0 N–H and O–H groups in total. The van der Waals surface area contributed by atoms with Gasteiger partial charge in [0.15, 0.2) is 5.82 Å². The van der Waals surface area contributed by atoms with Gasteiger partial charge in [-0.25, -0.2) is 0 Å². The van der Waals surface area contributed by atoms with Crippen molar-refractivity contribution in [2.45, 2.75) is 12.8 Å². The smallest absolute Gasteiger partial charge is 0.227 e. The molecule has 0 amide bonds. The molecule has 2 aromatic rings. The largest absolute Gasteiger partial charge is 0.339 e. The number of aromatic nitrogens is 2. The van der Waals surface area contributed by atoms with E-state index in [1.54, 1.807) is 0 Å². The lowest BCUT2D eigenvalue weighted by Crippen LogP contribution is -1.92. The predicted molar refractivity (Wildman–Crippen MR) is 63.0 cm³/mol. The quantitative estimate of drug-likeness (QED) is 0.790. The topological polar surface area (TPSA) is 38.9 Å². The minimum atomic E-state index is 0.480. The summed E-state index contributed by atoms with van der Waals surface area (Å²) in [5.41, 5.74) is 0.988. The average molecular weight is 257 g/mol. The van der Waals surface area contributed by atoms with Crippen LogP contribution < -0.4 is 0 Å². The zero-order chi connectivity index (χ0) is 11.4. The van der Waals surface area contributed by atoms with E-state index in [-0.39, 0.29) is 0 Å². The molecular formula is C11H10Cl2N2O. The van der Waals surface area contributed by atoms with Crippen molar-refractivity contribution in [3.8, 4) is 0 Å². The van der Waals surface area contributed by atoms with Gasteiger partial charge in [-0.2, -0.15) is 4.98 Å². The highest BCUT2D eigenvalue weighted by Gasteiger charge is 2.08. The Morgan fingerprint density at radius 2 is 2.06 bits per heavy atom. The van der Waals surface area contributed by atoms with Crippen LogP contribution >= 0.6 is 23.2 Å². The first-order chi connectivity index (χ1) is 7.79. The lowest BCUT2D eigenvalue weighted by Gasteiger charge is -1.98. The van der Waals surface area contributed by atoms with Crippen LogP contribution in [0.4, 0.5) is 0 Å². The summed E-state index contributed by atoms with van der Waals surface area (Å²) >= 11 is 11.6. The van der Waals surface area contributed by atoms with Crippen LogP contribution in [0.1, 0.15) is 17.3 Å². The number of halogens is 2. The maximum Gasteiger partial charge on any atom is 0.227 e.